The highest BCUT2D eigenvalue weighted by molar-refractivity contribution is 5.65. The molecule has 2 N–H and O–H groups in total. The van der Waals surface area contributed by atoms with Crippen molar-refractivity contribution in [3.63, 3.8) is 0 Å². The van der Waals surface area contributed by atoms with Crippen molar-refractivity contribution in [1.82, 2.24) is 15.3 Å². The van der Waals surface area contributed by atoms with Crippen molar-refractivity contribution in [1.29, 1.82) is 0 Å². The third kappa shape index (κ3) is 3.93. The Morgan fingerprint density at radius 3 is 2.52 bits per heavy atom. The zero-order valence-electron chi connectivity index (χ0n) is 11.7. The van der Waals surface area contributed by atoms with Crippen LogP contribution in [0.4, 0.5) is 22.4 Å². The summed E-state index contributed by atoms with van der Waals surface area (Å²) in [6.45, 7) is 1.40. The topological polar surface area (TPSA) is 75.1 Å². The molecule has 122 valence electrons. The molecule has 1 unspecified atom stereocenters. The predicted molar refractivity (Wildman–Crippen MR) is 72.0 cm³/mol. The van der Waals surface area contributed by atoms with Gasteiger partial charge in [-0.2, -0.15) is 13.2 Å². The Kier molecular flexibility index (Phi) is 4.48. The van der Waals surface area contributed by atoms with Gasteiger partial charge in [-0.3, -0.25) is 9.97 Å². The molecule has 9 heteroatoms. The first-order valence-electron chi connectivity index (χ1n) is 6.37. The largest absolute Gasteiger partial charge is 0.465 e. The molecule has 2 aromatic rings. The Balaban J connectivity index is 2.36. The van der Waals surface area contributed by atoms with Crippen LogP contribution in [0.25, 0.3) is 11.1 Å². The van der Waals surface area contributed by atoms with Gasteiger partial charge < -0.3 is 10.4 Å². The molecule has 0 radical (unpaired) electrons. The van der Waals surface area contributed by atoms with Crippen LogP contribution >= 0.6 is 0 Å². The van der Waals surface area contributed by atoms with Crippen LogP contribution in [-0.4, -0.2) is 21.2 Å². The molecule has 2 rings (SSSR count). The molecule has 0 aliphatic heterocycles. The molecule has 0 aromatic carbocycles. The minimum atomic E-state index is -4.61. The van der Waals surface area contributed by atoms with Crippen molar-refractivity contribution in [3.8, 4) is 11.1 Å². The molecule has 0 bridgehead atoms. The Labute approximate surface area is 128 Å². The van der Waals surface area contributed by atoms with Crippen molar-refractivity contribution >= 4 is 6.09 Å². The van der Waals surface area contributed by atoms with Crippen LogP contribution < -0.4 is 5.32 Å². The number of carboxylic acid groups (broad SMARTS) is 1. The molecule has 23 heavy (non-hydrogen) atoms. The molecule has 0 fully saturated rings. The van der Waals surface area contributed by atoms with E-state index in [0.29, 0.717) is 0 Å². The summed E-state index contributed by atoms with van der Waals surface area (Å²) in [5, 5.41) is 10.6. The van der Waals surface area contributed by atoms with Gasteiger partial charge in [0, 0.05) is 18.0 Å². The smallest absolute Gasteiger partial charge is 0.433 e. The lowest BCUT2D eigenvalue weighted by molar-refractivity contribution is -0.141. The SMILES string of the molecule is CC(NC(=O)O)c1ncc(-c2ccnc(C(F)(F)F)c2)cc1F. The highest BCUT2D eigenvalue weighted by Crippen LogP contribution is 2.30. The lowest BCUT2D eigenvalue weighted by Gasteiger charge is -2.13. The van der Waals surface area contributed by atoms with E-state index in [0.717, 1.165) is 18.3 Å². The van der Waals surface area contributed by atoms with Crippen molar-refractivity contribution in [3.05, 3.63) is 47.8 Å². The van der Waals surface area contributed by atoms with Crippen molar-refractivity contribution in [2.75, 3.05) is 0 Å². The number of rotatable bonds is 3. The maximum atomic E-state index is 14.0. The average Bonchev–Trinajstić information content (AvgIpc) is 2.45. The highest BCUT2D eigenvalue weighted by Gasteiger charge is 2.32. The highest BCUT2D eigenvalue weighted by atomic mass is 19.4. The number of nitrogens with one attached hydrogen (secondary N) is 1. The van der Waals surface area contributed by atoms with E-state index in [9.17, 15) is 22.4 Å². The summed E-state index contributed by atoms with van der Waals surface area (Å²) in [4.78, 5) is 17.6. The molecule has 5 nitrogen and oxygen atoms in total. The van der Waals surface area contributed by atoms with Gasteiger partial charge in [0.2, 0.25) is 0 Å². The molecule has 2 aromatic heterocycles. The lowest BCUT2D eigenvalue weighted by Crippen LogP contribution is -2.25. The summed E-state index contributed by atoms with van der Waals surface area (Å²) in [6, 6.07) is 2.18. The predicted octanol–water partition coefficient (Wildman–Crippen LogP) is 3.63. The van der Waals surface area contributed by atoms with Gasteiger partial charge in [-0.05, 0) is 30.7 Å². The fourth-order valence-electron chi connectivity index (χ4n) is 1.94. The minimum absolute atomic E-state index is 0.101. The monoisotopic (exact) mass is 329 g/mol. The van der Waals surface area contributed by atoms with E-state index in [1.54, 1.807) is 0 Å². The number of amides is 1. The number of pyridine rings is 2. The minimum Gasteiger partial charge on any atom is -0.465 e. The molecule has 0 aliphatic carbocycles. The van der Waals surface area contributed by atoms with E-state index in [1.165, 1.54) is 19.2 Å². The number of hydrogen-bond acceptors (Lipinski definition) is 3. The third-order valence-corrected chi connectivity index (χ3v) is 3.00. The Bertz CT molecular complexity index is 734. The van der Waals surface area contributed by atoms with Gasteiger partial charge in [-0.25, -0.2) is 9.18 Å². The van der Waals surface area contributed by atoms with Crippen molar-refractivity contribution < 1.29 is 27.5 Å². The Hall–Kier alpha value is -2.71. The number of hydrogen-bond donors (Lipinski definition) is 2. The Morgan fingerprint density at radius 2 is 1.96 bits per heavy atom. The van der Waals surface area contributed by atoms with Gasteiger partial charge in [-0.1, -0.05) is 0 Å². The summed E-state index contributed by atoms with van der Waals surface area (Å²) >= 11 is 0. The van der Waals surface area contributed by atoms with Gasteiger partial charge in [0.05, 0.1) is 11.7 Å². The van der Waals surface area contributed by atoms with E-state index >= 15 is 0 Å². The number of alkyl halides is 3. The second-order valence-electron chi connectivity index (χ2n) is 4.69. The molecule has 1 atom stereocenters. The van der Waals surface area contributed by atoms with Crippen LogP contribution in [0.5, 0.6) is 0 Å². The zero-order valence-corrected chi connectivity index (χ0v) is 11.7. The molecule has 0 spiro atoms. The summed E-state index contributed by atoms with van der Waals surface area (Å²) < 4.78 is 52.0. The van der Waals surface area contributed by atoms with Crippen molar-refractivity contribution in [2.45, 2.75) is 19.1 Å². The van der Waals surface area contributed by atoms with Crippen LogP contribution in [0, 0.1) is 5.82 Å². The third-order valence-electron chi connectivity index (χ3n) is 3.00. The summed E-state index contributed by atoms with van der Waals surface area (Å²) in [7, 11) is 0. The van der Waals surface area contributed by atoms with Crippen LogP contribution in [0.2, 0.25) is 0 Å². The molecule has 0 saturated heterocycles. The quantitative estimate of drug-likeness (QED) is 0.843. The van der Waals surface area contributed by atoms with Gasteiger partial charge in [0.1, 0.15) is 11.5 Å². The van der Waals surface area contributed by atoms with Gasteiger partial charge in [0.25, 0.3) is 0 Å². The number of aromatic nitrogens is 2. The Morgan fingerprint density at radius 1 is 1.26 bits per heavy atom. The van der Waals surface area contributed by atoms with Crippen LogP contribution in [0.1, 0.15) is 24.4 Å². The van der Waals surface area contributed by atoms with E-state index in [1.807, 2.05) is 5.32 Å². The molecule has 2 heterocycles. The summed E-state index contributed by atoms with van der Waals surface area (Å²) in [6.07, 6.45) is -3.80. The van der Waals surface area contributed by atoms with Crippen LogP contribution in [0.3, 0.4) is 0 Å². The molecule has 1 amide bonds. The van der Waals surface area contributed by atoms with Gasteiger partial charge >= 0.3 is 12.3 Å². The first kappa shape index (κ1) is 16.7. The van der Waals surface area contributed by atoms with Gasteiger partial charge in [0.15, 0.2) is 0 Å². The van der Waals surface area contributed by atoms with Gasteiger partial charge in [-0.15, -0.1) is 0 Å². The second-order valence-corrected chi connectivity index (χ2v) is 4.69. The van der Waals surface area contributed by atoms with Crippen molar-refractivity contribution in [2.24, 2.45) is 0 Å². The fourth-order valence-corrected chi connectivity index (χ4v) is 1.94. The molecule has 0 saturated carbocycles. The number of carbonyl (C=O) groups is 1. The summed E-state index contributed by atoms with van der Waals surface area (Å²) in [5.74, 6) is -0.825. The molecular formula is C14H11F4N3O2. The molecule has 0 aliphatic rings. The first-order chi connectivity index (χ1) is 10.7. The molecular weight excluding hydrogens is 318 g/mol. The van der Waals surface area contributed by atoms with E-state index in [-0.39, 0.29) is 16.8 Å². The lowest BCUT2D eigenvalue weighted by atomic mass is 10.1. The standard InChI is InChI=1S/C14H11F4N3O2/c1-7(21-13(22)23)12-10(15)4-9(6-20-12)8-2-3-19-11(5-8)14(16,17)18/h2-7,21H,1H3,(H,22,23). The van der Waals surface area contributed by atoms with E-state index in [4.69, 9.17) is 5.11 Å². The average molecular weight is 329 g/mol. The van der Waals surface area contributed by atoms with E-state index < -0.39 is 29.8 Å². The van der Waals surface area contributed by atoms with Crippen LogP contribution in [0.15, 0.2) is 30.6 Å². The normalized spacial score (nSPS) is 12.7. The number of halogens is 4. The summed E-state index contributed by atoms with van der Waals surface area (Å²) in [5.41, 5.74) is -1.02. The van der Waals surface area contributed by atoms with Crippen LogP contribution in [-0.2, 0) is 6.18 Å². The zero-order chi connectivity index (χ0) is 17.2. The maximum absolute atomic E-state index is 14.0. The second kappa shape index (κ2) is 6.19. The maximum Gasteiger partial charge on any atom is 0.433 e. The number of nitrogens with zero attached hydrogens (tertiary/aromatic N) is 2. The van der Waals surface area contributed by atoms with E-state index in [2.05, 4.69) is 9.97 Å². The first-order valence-corrected chi connectivity index (χ1v) is 6.37. The fraction of sp³-hybridized carbons (Fsp3) is 0.214.